The fraction of sp³-hybridized carbons (Fsp3) is 0.182. The smallest absolute Gasteiger partial charge is 0.335 e. The molecular weight excluding hydrogens is 164 g/mol. The van der Waals surface area contributed by atoms with Crippen LogP contribution in [0.25, 0.3) is 0 Å². The van der Waals surface area contributed by atoms with Crippen LogP contribution >= 0.6 is 0 Å². The molecule has 1 aromatic carbocycles. The Morgan fingerprint density at radius 2 is 1.62 bits per heavy atom. The van der Waals surface area contributed by atoms with Gasteiger partial charge in [-0.25, -0.2) is 4.79 Å². The van der Waals surface area contributed by atoms with E-state index in [0.29, 0.717) is 5.56 Å². The first kappa shape index (κ1) is 11.4. The minimum Gasteiger partial charge on any atom is -0.478 e. The van der Waals surface area contributed by atoms with Crippen LogP contribution in [0.5, 0.6) is 0 Å². The molecule has 0 aliphatic rings. The summed E-state index contributed by atoms with van der Waals surface area (Å²) in [7, 11) is 0. The second-order valence-corrected chi connectivity index (χ2v) is 2.88. The maximum Gasteiger partial charge on any atom is 0.335 e. The molecule has 0 saturated carbocycles. The predicted molar refractivity (Wildman–Crippen MR) is 53.9 cm³/mol. The highest BCUT2D eigenvalue weighted by atomic mass is 16.4. The summed E-state index contributed by atoms with van der Waals surface area (Å²) in [6.07, 6.45) is 0. The van der Waals surface area contributed by atoms with Crippen molar-refractivity contribution < 1.29 is 9.90 Å². The Labute approximate surface area is 78.5 Å². The van der Waals surface area contributed by atoms with E-state index in [-0.39, 0.29) is 0 Å². The number of hydrogen-bond acceptors (Lipinski definition) is 1. The largest absolute Gasteiger partial charge is 0.478 e. The standard InChI is InChI=1S/C7H6O2.C4H8/c8-7(9)6-4-2-1-3-5-6;1-4(2)3/h1-5H,(H,8,9);1H2,2-3H3. The van der Waals surface area contributed by atoms with Crippen LogP contribution in [0.3, 0.4) is 0 Å². The van der Waals surface area contributed by atoms with Crippen molar-refractivity contribution in [3.05, 3.63) is 48.0 Å². The first-order valence-corrected chi connectivity index (χ1v) is 3.94. The third-order valence-electron chi connectivity index (χ3n) is 1.02. The molecule has 2 nitrogen and oxygen atoms in total. The Hall–Kier alpha value is -1.57. The Bertz CT molecular complexity index is 271. The average Bonchev–Trinajstić information content (AvgIpc) is 2.05. The maximum absolute atomic E-state index is 10.2. The van der Waals surface area contributed by atoms with Crippen molar-refractivity contribution in [3.8, 4) is 0 Å². The monoisotopic (exact) mass is 178 g/mol. The Balaban J connectivity index is 0.000000310. The molecule has 1 rings (SSSR count). The second-order valence-electron chi connectivity index (χ2n) is 2.88. The maximum atomic E-state index is 10.2. The summed E-state index contributed by atoms with van der Waals surface area (Å²) in [4.78, 5) is 10.2. The zero-order valence-corrected chi connectivity index (χ0v) is 7.95. The van der Waals surface area contributed by atoms with Gasteiger partial charge in [0.2, 0.25) is 0 Å². The van der Waals surface area contributed by atoms with Crippen molar-refractivity contribution in [1.29, 1.82) is 0 Å². The van der Waals surface area contributed by atoms with Crippen LogP contribution in [0.1, 0.15) is 24.2 Å². The van der Waals surface area contributed by atoms with Gasteiger partial charge in [-0.05, 0) is 26.0 Å². The number of aromatic carboxylic acids is 1. The van der Waals surface area contributed by atoms with E-state index >= 15 is 0 Å². The predicted octanol–water partition coefficient (Wildman–Crippen LogP) is 2.97. The van der Waals surface area contributed by atoms with E-state index in [4.69, 9.17) is 5.11 Å². The molecular formula is C11H14O2. The van der Waals surface area contributed by atoms with E-state index in [2.05, 4.69) is 6.58 Å². The highest BCUT2D eigenvalue weighted by molar-refractivity contribution is 5.87. The Morgan fingerprint density at radius 3 is 1.85 bits per heavy atom. The van der Waals surface area contributed by atoms with Crippen molar-refractivity contribution in [3.63, 3.8) is 0 Å². The third-order valence-corrected chi connectivity index (χ3v) is 1.02. The van der Waals surface area contributed by atoms with Gasteiger partial charge in [-0.2, -0.15) is 0 Å². The molecule has 0 saturated heterocycles. The van der Waals surface area contributed by atoms with Gasteiger partial charge >= 0.3 is 5.97 Å². The minimum atomic E-state index is -0.879. The van der Waals surface area contributed by atoms with E-state index < -0.39 is 5.97 Å². The second kappa shape index (κ2) is 6.00. The first-order chi connectivity index (χ1) is 6.04. The number of hydrogen-bond donors (Lipinski definition) is 1. The summed E-state index contributed by atoms with van der Waals surface area (Å²) in [6, 6.07) is 8.30. The van der Waals surface area contributed by atoms with E-state index in [1.165, 1.54) is 5.57 Å². The SMILES string of the molecule is C=C(C)C.O=C(O)c1ccccc1. The molecule has 2 heteroatoms. The fourth-order valence-electron chi connectivity index (χ4n) is 0.581. The molecule has 0 aromatic heterocycles. The van der Waals surface area contributed by atoms with E-state index in [1.54, 1.807) is 30.3 Å². The molecule has 0 heterocycles. The molecule has 0 radical (unpaired) electrons. The molecule has 13 heavy (non-hydrogen) atoms. The highest BCUT2D eigenvalue weighted by Crippen LogP contribution is 1.96. The van der Waals surface area contributed by atoms with Crippen LogP contribution in [0.4, 0.5) is 0 Å². The minimum absolute atomic E-state index is 0.331. The number of carboxylic acids is 1. The van der Waals surface area contributed by atoms with Gasteiger partial charge in [0, 0.05) is 0 Å². The lowest BCUT2D eigenvalue weighted by Gasteiger charge is -1.88. The average molecular weight is 178 g/mol. The molecule has 0 amide bonds. The fourth-order valence-corrected chi connectivity index (χ4v) is 0.581. The topological polar surface area (TPSA) is 37.3 Å². The lowest BCUT2D eigenvalue weighted by atomic mass is 10.2. The normalized spacial score (nSPS) is 8.15. The molecule has 0 spiro atoms. The van der Waals surface area contributed by atoms with Gasteiger partial charge in [0.1, 0.15) is 0 Å². The summed E-state index contributed by atoms with van der Waals surface area (Å²) in [5, 5.41) is 8.38. The molecule has 70 valence electrons. The van der Waals surface area contributed by atoms with Crippen molar-refractivity contribution in [2.24, 2.45) is 0 Å². The van der Waals surface area contributed by atoms with Crippen LogP contribution in [0.15, 0.2) is 42.5 Å². The summed E-state index contributed by atoms with van der Waals surface area (Å²) in [5.41, 5.74) is 1.50. The van der Waals surface area contributed by atoms with Crippen LogP contribution in [0.2, 0.25) is 0 Å². The van der Waals surface area contributed by atoms with Gasteiger partial charge in [0.05, 0.1) is 5.56 Å². The number of benzene rings is 1. The van der Waals surface area contributed by atoms with Crippen molar-refractivity contribution >= 4 is 5.97 Å². The number of allylic oxidation sites excluding steroid dienone is 1. The molecule has 0 aliphatic heterocycles. The number of carbonyl (C=O) groups is 1. The Kier molecular flexibility index (Phi) is 5.28. The lowest BCUT2D eigenvalue weighted by molar-refractivity contribution is 0.0697. The van der Waals surface area contributed by atoms with Gasteiger partial charge in [-0.1, -0.05) is 23.8 Å². The molecule has 0 fully saturated rings. The number of rotatable bonds is 1. The quantitative estimate of drug-likeness (QED) is 0.671. The van der Waals surface area contributed by atoms with Gasteiger partial charge in [-0.15, -0.1) is 6.58 Å². The van der Waals surface area contributed by atoms with Gasteiger partial charge in [0.15, 0.2) is 0 Å². The van der Waals surface area contributed by atoms with Crippen LogP contribution in [0, 0.1) is 0 Å². The van der Waals surface area contributed by atoms with Crippen molar-refractivity contribution in [2.45, 2.75) is 13.8 Å². The summed E-state index contributed by atoms with van der Waals surface area (Å²) >= 11 is 0. The van der Waals surface area contributed by atoms with Gasteiger partial charge in [0.25, 0.3) is 0 Å². The van der Waals surface area contributed by atoms with E-state index in [0.717, 1.165) is 0 Å². The zero-order chi connectivity index (χ0) is 10.3. The van der Waals surface area contributed by atoms with Crippen LogP contribution in [-0.2, 0) is 0 Å². The molecule has 1 aromatic rings. The van der Waals surface area contributed by atoms with Crippen molar-refractivity contribution in [2.75, 3.05) is 0 Å². The Morgan fingerprint density at radius 1 is 1.23 bits per heavy atom. The lowest BCUT2D eigenvalue weighted by Crippen LogP contribution is -1.93. The molecule has 0 unspecified atom stereocenters. The molecule has 0 atom stereocenters. The van der Waals surface area contributed by atoms with Crippen molar-refractivity contribution in [1.82, 2.24) is 0 Å². The summed E-state index contributed by atoms with van der Waals surface area (Å²) in [5.74, 6) is -0.879. The summed E-state index contributed by atoms with van der Waals surface area (Å²) < 4.78 is 0. The van der Waals surface area contributed by atoms with Crippen LogP contribution < -0.4 is 0 Å². The van der Waals surface area contributed by atoms with E-state index in [9.17, 15) is 4.79 Å². The zero-order valence-electron chi connectivity index (χ0n) is 7.95. The molecule has 1 N–H and O–H groups in total. The van der Waals surface area contributed by atoms with Gasteiger partial charge in [-0.3, -0.25) is 0 Å². The molecule has 0 aliphatic carbocycles. The number of carboxylic acid groups (broad SMARTS) is 1. The van der Waals surface area contributed by atoms with E-state index in [1.807, 2.05) is 13.8 Å². The summed E-state index contributed by atoms with van der Waals surface area (Å²) in [6.45, 7) is 7.50. The van der Waals surface area contributed by atoms with Gasteiger partial charge < -0.3 is 5.11 Å². The van der Waals surface area contributed by atoms with Crippen LogP contribution in [-0.4, -0.2) is 11.1 Å². The first-order valence-electron chi connectivity index (χ1n) is 3.94. The molecule has 0 bridgehead atoms. The highest BCUT2D eigenvalue weighted by Gasteiger charge is 1.96. The third kappa shape index (κ3) is 6.81.